The third-order valence-corrected chi connectivity index (χ3v) is 7.38. The average molecular weight is 409 g/mol. The molecule has 0 unspecified atom stereocenters. The van der Waals surface area contributed by atoms with Crippen molar-refractivity contribution in [1.82, 2.24) is 0 Å². The van der Waals surface area contributed by atoms with Crippen LogP contribution in [-0.4, -0.2) is 11.2 Å². The SMILES string of the molecule is C1CCCCCCCCCCCCC1.CC1CCC(O)CC1.CC1CCCCC1. The Morgan fingerprint density at radius 2 is 0.586 bits per heavy atom. The van der Waals surface area contributed by atoms with Crippen LogP contribution in [0.1, 0.15) is 162 Å². The highest BCUT2D eigenvalue weighted by Gasteiger charge is 2.14. The van der Waals surface area contributed by atoms with Crippen LogP contribution in [0.15, 0.2) is 0 Å². The molecule has 1 heteroatoms. The first-order valence-corrected chi connectivity index (χ1v) is 13.9. The summed E-state index contributed by atoms with van der Waals surface area (Å²) in [7, 11) is 0. The molecular formula is C28H56O. The number of aliphatic hydroxyl groups is 1. The summed E-state index contributed by atoms with van der Waals surface area (Å²) in [5, 5.41) is 9.03. The highest BCUT2D eigenvalue weighted by Crippen LogP contribution is 2.23. The summed E-state index contributed by atoms with van der Waals surface area (Å²) >= 11 is 0. The second-order valence-corrected chi connectivity index (χ2v) is 10.6. The monoisotopic (exact) mass is 408 g/mol. The van der Waals surface area contributed by atoms with Crippen LogP contribution in [-0.2, 0) is 0 Å². The van der Waals surface area contributed by atoms with Crippen LogP contribution in [0.4, 0.5) is 0 Å². The minimum absolute atomic E-state index is 0.0196. The Bertz CT molecular complexity index is 249. The number of rotatable bonds is 0. The summed E-state index contributed by atoms with van der Waals surface area (Å²) < 4.78 is 0. The standard InChI is InChI=1S/C14H28.C7H14O.C7H14/c1-2-4-6-8-10-12-14-13-11-9-7-5-3-1;1-6-2-4-7(8)5-3-6;1-7-5-3-2-4-6-7/h1-14H2;6-8H,2-5H2,1H3;7H,2-6H2,1H3. The predicted octanol–water partition coefficient (Wildman–Crippen LogP) is 9.61. The largest absolute Gasteiger partial charge is 0.393 e. The van der Waals surface area contributed by atoms with Crippen LogP contribution < -0.4 is 0 Å². The normalized spacial score (nSPS) is 28.7. The Kier molecular flexibility index (Phi) is 18.5. The highest BCUT2D eigenvalue weighted by molar-refractivity contribution is 4.67. The highest BCUT2D eigenvalue weighted by atomic mass is 16.3. The Morgan fingerprint density at radius 1 is 0.345 bits per heavy atom. The molecule has 0 aromatic heterocycles. The molecule has 0 aromatic carbocycles. The third kappa shape index (κ3) is 18.4. The number of hydrogen-bond donors (Lipinski definition) is 1. The van der Waals surface area contributed by atoms with Crippen molar-refractivity contribution in [2.24, 2.45) is 11.8 Å². The van der Waals surface area contributed by atoms with E-state index in [9.17, 15) is 0 Å². The van der Waals surface area contributed by atoms with Crippen molar-refractivity contribution in [3.8, 4) is 0 Å². The average Bonchev–Trinajstić information content (AvgIpc) is 2.73. The van der Waals surface area contributed by atoms with Gasteiger partial charge in [0.2, 0.25) is 0 Å². The van der Waals surface area contributed by atoms with Crippen molar-refractivity contribution in [3.63, 3.8) is 0 Å². The van der Waals surface area contributed by atoms with Crippen molar-refractivity contribution in [2.45, 2.75) is 168 Å². The molecule has 29 heavy (non-hydrogen) atoms. The molecule has 3 aliphatic rings. The first-order valence-electron chi connectivity index (χ1n) is 13.9. The van der Waals surface area contributed by atoms with Gasteiger partial charge in [0.15, 0.2) is 0 Å². The molecule has 0 spiro atoms. The zero-order valence-corrected chi connectivity index (χ0v) is 20.4. The lowest BCUT2D eigenvalue weighted by Gasteiger charge is -2.21. The van der Waals surface area contributed by atoms with Gasteiger partial charge in [-0.15, -0.1) is 0 Å². The minimum Gasteiger partial charge on any atom is -0.393 e. The van der Waals surface area contributed by atoms with Crippen LogP contribution in [0.5, 0.6) is 0 Å². The van der Waals surface area contributed by atoms with Gasteiger partial charge in [-0.05, 0) is 37.5 Å². The zero-order chi connectivity index (χ0) is 21.0. The Balaban J connectivity index is 0.000000237. The van der Waals surface area contributed by atoms with Gasteiger partial charge in [-0.1, -0.05) is 136 Å². The second kappa shape index (κ2) is 19.9. The van der Waals surface area contributed by atoms with Crippen LogP contribution in [0, 0.1) is 11.8 Å². The van der Waals surface area contributed by atoms with E-state index in [1.165, 1.54) is 135 Å². The maximum atomic E-state index is 9.03. The van der Waals surface area contributed by atoms with E-state index in [0.29, 0.717) is 0 Å². The molecule has 1 nitrogen and oxygen atoms in total. The quantitative estimate of drug-likeness (QED) is 0.423. The van der Waals surface area contributed by atoms with Crippen molar-refractivity contribution in [3.05, 3.63) is 0 Å². The van der Waals surface area contributed by atoms with E-state index in [1.54, 1.807) is 0 Å². The summed E-state index contributed by atoms with van der Waals surface area (Å²) in [4.78, 5) is 0. The van der Waals surface area contributed by atoms with E-state index >= 15 is 0 Å². The van der Waals surface area contributed by atoms with Crippen LogP contribution in [0.3, 0.4) is 0 Å². The lowest BCUT2D eigenvalue weighted by Crippen LogP contribution is -2.15. The van der Waals surface area contributed by atoms with E-state index in [2.05, 4.69) is 13.8 Å². The minimum atomic E-state index is 0.0196. The summed E-state index contributed by atoms with van der Waals surface area (Å²) in [6.45, 7) is 4.62. The third-order valence-electron chi connectivity index (χ3n) is 7.38. The maximum absolute atomic E-state index is 9.03. The summed E-state index contributed by atoms with van der Waals surface area (Å²) in [6.07, 6.45) is 33.0. The molecule has 3 fully saturated rings. The summed E-state index contributed by atoms with van der Waals surface area (Å²) in [5.74, 6) is 1.90. The van der Waals surface area contributed by atoms with Gasteiger partial charge in [-0.2, -0.15) is 0 Å². The fourth-order valence-electron chi connectivity index (χ4n) is 5.02. The van der Waals surface area contributed by atoms with Crippen molar-refractivity contribution < 1.29 is 5.11 Å². The van der Waals surface area contributed by atoms with Gasteiger partial charge >= 0.3 is 0 Å². The van der Waals surface area contributed by atoms with E-state index in [0.717, 1.165) is 24.7 Å². The zero-order valence-electron chi connectivity index (χ0n) is 20.4. The number of aliphatic hydroxyl groups excluding tert-OH is 1. The van der Waals surface area contributed by atoms with E-state index in [4.69, 9.17) is 5.11 Å². The topological polar surface area (TPSA) is 20.2 Å². The molecule has 3 aliphatic carbocycles. The molecule has 0 radical (unpaired) electrons. The van der Waals surface area contributed by atoms with Crippen LogP contribution >= 0.6 is 0 Å². The van der Waals surface area contributed by atoms with Crippen molar-refractivity contribution >= 4 is 0 Å². The molecule has 3 rings (SSSR count). The first kappa shape index (κ1) is 27.0. The van der Waals surface area contributed by atoms with Crippen molar-refractivity contribution in [1.29, 1.82) is 0 Å². The molecule has 0 saturated heterocycles. The molecule has 0 aromatic rings. The Labute approximate surface area is 184 Å². The molecule has 3 saturated carbocycles. The number of hydrogen-bond acceptors (Lipinski definition) is 1. The lowest BCUT2D eigenvalue weighted by atomic mass is 9.89. The second-order valence-electron chi connectivity index (χ2n) is 10.6. The molecule has 0 heterocycles. The fourth-order valence-corrected chi connectivity index (χ4v) is 5.02. The van der Waals surface area contributed by atoms with E-state index in [-0.39, 0.29) is 6.10 Å². The smallest absolute Gasteiger partial charge is 0.0540 e. The van der Waals surface area contributed by atoms with Crippen molar-refractivity contribution in [2.75, 3.05) is 0 Å². The molecule has 0 amide bonds. The Hall–Kier alpha value is -0.0400. The first-order chi connectivity index (χ1) is 14.2. The fraction of sp³-hybridized carbons (Fsp3) is 1.00. The molecule has 0 aliphatic heterocycles. The Morgan fingerprint density at radius 3 is 0.793 bits per heavy atom. The van der Waals surface area contributed by atoms with Gasteiger partial charge in [0.1, 0.15) is 0 Å². The maximum Gasteiger partial charge on any atom is 0.0540 e. The lowest BCUT2D eigenvalue weighted by molar-refractivity contribution is 0.112. The van der Waals surface area contributed by atoms with Gasteiger partial charge in [0, 0.05) is 0 Å². The van der Waals surface area contributed by atoms with Gasteiger partial charge in [0.05, 0.1) is 6.10 Å². The predicted molar refractivity (Wildman–Crippen MR) is 131 cm³/mol. The summed E-state index contributed by atoms with van der Waals surface area (Å²) in [5.41, 5.74) is 0. The summed E-state index contributed by atoms with van der Waals surface area (Å²) in [6, 6.07) is 0. The van der Waals surface area contributed by atoms with E-state index in [1.807, 2.05) is 0 Å². The molecule has 1 N–H and O–H groups in total. The van der Waals surface area contributed by atoms with Gasteiger partial charge in [-0.25, -0.2) is 0 Å². The van der Waals surface area contributed by atoms with Gasteiger partial charge < -0.3 is 5.11 Å². The molecule has 174 valence electrons. The molecule has 0 atom stereocenters. The van der Waals surface area contributed by atoms with Gasteiger partial charge in [0.25, 0.3) is 0 Å². The van der Waals surface area contributed by atoms with E-state index < -0.39 is 0 Å². The van der Waals surface area contributed by atoms with Crippen LogP contribution in [0.2, 0.25) is 0 Å². The van der Waals surface area contributed by atoms with Gasteiger partial charge in [-0.3, -0.25) is 0 Å². The van der Waals surface area contributed by atoms with Crippen LogP contribution in [0.25, 0.3) is 0 Å². The molecule has 0 bridgehead atoms. The molecular weight excluding hydrogens is 352 g/mol.